The van der Waals surface area contributed by atoms with Crippen LogP contribution in [0.15, 0.2) is 95.0 Å². The van der Waals surface area contributed by atoms with Crippen molar-refractivity contribution in [2.75, 3.05) is 11.6 Å². The number of imidazole rings is 1. The van der Waals surface area contributed by atoms with Gasteiger partial charge >= 0.3 is 6.03 Å². The summed E-state index contributed by atoms with van der Waals surface area (Å²) in [7, 11) is -4.11. The summed E-state index contributed by atoms with van der Waals surface area (Å²) >= 11 is 1.63. The number of benzene rings is 3. The molecule has 7 nitrogen and oxygen atoms in total. The van der Waals surface area contributed by atoms with Crippen molar-refractivity contribution in [1.29, 1.82) is 0 Å². The highest BCUT2D eigenvalue weighted by atomic mass is 32.2. The van der Waals surface area contributed by atoms with Gasteiger partial charge in [0, 0.05) is 29.9 Å². The van der Waals surface area contributed by atoms with E-state index in [1.807, 2.05) is 36.6 Å². The van der Waals surface area contributed by atoms with Crippen molar-refractivity contribution in [3.63, 3.8) is 0 Å². The SMILES string of the molecule is CCC(C)c1nc(SC)cn1Cc1ccc(-c2ccccc2S(=O)(=O)NC(=O)Nc2ccccc2)cc1. The molecule has 4 aromatic rings. The van der Waals surface area contributed by atoms with Gasteiger partial charge in [-0.2, -0.15) is 0 Å². The average molecular weight is 535 g/mol. The van der Waals surface area contributed by atoms with Crippen LogP contribution in [0.1, 0.15) is 37.6 Å². The molecule has 1 aromatic heterocycles. The molecule has 0 aliphatic rings. The largest absolute Gasteiger partial charge is 0.333 e. The van der Waals surface area contributed by atoms with E-state index < -0.39 is 16.1 Å². The van der Waals surface area contributed by atoms with Gasteiger partial charge in [0.05, 0.1) is 4.90 Å². The number of rotatable bonds is 9. The summed E-state index contributed by atoms with van der Waals surface area (Å²) in [6.07, 6.45) is 5.11. The first-order chi connectivity index (χ1) is 17.8. The fraction of sp³-hybridized carbons (Fsp3) is 0.214. The highest BCUT2D eigenvalue weighted by molar-refractivity contribution is 7.98. The molecule has 9 heteroatoms. The number of hydrogen-bond acceptors (Lipinski definition) is 5. The van der Waals surface area contributed by atoms with Gasteiger partial charge in [-0.15, -0.1) is 11.8 Å². The van der Waals surface area contributed by atoms with Crippen LogP contribution in [0.25, 0.3) is 11.1 Å². The van der Waals surface area contributed by atoms with Gasteiger partial charge in [-0.25, -0.2) is 22.9 Å². The molecule has 2 amide bonds. The van der Waals surface area contributed by atoms with Crippen molar-refractivity contribution < 1.29 is 13.2 Å². The maximum absolute atomic E-state index is 13.1. The molecular formula is C28H30N4O3S2. The summed E-state index contributed by atoms with van der Waals surface area (Å²) in [5.74, 6) is 1.41. The average Bonchev–Trinajstić information content (AvgIpc) is 3.31. The van der Waals surface area contributed by atoms with Gasteiger partial charge in [0.25, 0.3) is 10.0 Å². The maximum atomic E-state index is 13.1. The van der Waals surface area contributed by atoms with E-state index >= 15 is 0 Å². The number of urea groups is 1. The Morgan fingerprint density at radius 3 is 2.35 bits per heavy atom. The highest BCUT2D eigenvalue weighted by Gasteiger charge is 2.22. The first-order valence-corrected chi connectivity index (χ1v) is 14.7. The van der Waals surface area contributed by atoms with Gasteiger partial charge in [0.1, 0.15) is 10.9 Å². The lowest BCUT2D eigenvalue weighted by atomic mass is 10.0. The van der Waals surface area contributed by atoms with E-state index in [4.69, 9.17) is 4.98 Å². The Bertz CT molecular complexity index is 1470. The molecule has 192 valence electrons. The molecule has 0 spiro atoms. The van der Waals surface area contributed by atoms with Gasteiger partial charge in [0.15, 0.2) is 0 Å². The molecule has 3 aromatic carbocycles. The number of thioether (sulfide) groups is 1. The summed E-state index contributed by atoms with van der Waals surface area (Å²) in [6, 6.07) is 22.3. The lowest BCUT2D eigenvalue weighted by Crippen LogP contribution is -2.34. The highest BCUT2D eigenvalue weighted by Crippen LogP contribution is 2.28. The van der Waals surface area contributed by atoms with E-state index in [0.29, 0.717) is 23.7 Å². The number of carbonyl (C=O) groups is 1. The van der Waals surface area contributed by atoms with Crippen molar-refractivity contribution in [3.8, 4) is 11.1 Å². The molecule has 0 fully saturated rings. The topological polar surface area (TPSA) is 93.1 Å². The summed E-state index contributed by atoms with van der Waals surface area (Å²) in [5.41, 5.74) is 2.84. The maximum Gasteiger partial charge on any atom is 0.333 e. The first kappa shape index (κ1) is 26.5. The second-order valence-corrected chi connectivity index (χ2v) is 11.2. The van der Waals surface area contributed by atoms with Gasteiger partial charge in [0.2, 0.25) is 0 Å². The lowest BCUT2D eigenvalue weighted by Gasteiger charge is -2.14. The molecule has 0 aliphatic heterocycles. The van der Waals surface area contributed by atoms with Crippen molar-refractivity contribution in [1.82, 2.24) is 14.3 Å². The monoisotopic (exact) mass is 534 g/mol. The molecule has 1 heterocycles. The molecule has 0 aliphatic carbocycles. The van der Waals surface area contributed by atoms with E-state index in [9.17, 15) is 13.2 Å². The summed E-state index contributed by atoms with van der Waals surface area (Å²) in [5, 5.41) is 3.54. The van der Waals surface area contributed by atoms with Crippen molar-refractivity contribution in [2.45, 2.75) is 42.7 Å². The summed E-state index contributed by atoms with van der Waals surface area (Å²) < 4.78 is 30.5. The fourth-order valence-corrected chi connectivity index (χ4v) is 5.54. The second-order valence-electron chi connectivity index (χ2n) is 8.70. The summed E-state index contributed by atoms with van der Waals surface area (Å²) in [6.45, 7) is 5.01. The Hall–Kier alpha value is -3.56. The zero-order chi connectivity index (χ0) is 26.4. The van der Waals surface area contributed by atoms with Crippen LogP contribution in [0.5, 0.6) is 0 Å². The number of amides is 2. The van der Waals surface area contributed by atoms with Gasteiger partial charge in [-0.3, -0.25) is 0 Å². The molecule has 0 saturated carbocycles. The van der Waals surface area contributed by atoms with Crippen molar-refractivity contribution in [2.24, 2.45) is 0 Å². The fourth-order valence-electron chi connectivity index (χ4n) is 3.99. The Labute approximate surface area is 222 Å². The zero-order valence-corrected chi connectivity index (χ0v) is 22.6. The molecule has 2 N–H and O–H groups in total. The molecular weight excluding hydrogens is 504 g/mol. The molecule has 37 heavy (non-hydrogen) atoms. The minimum Gasteiger partial charge on any atom is -0.329 e. The standard InChI is InChI=1S/C28H30N4O3S2/c1-4-20(2)27-30-26(36-3)19-32(27)18-21-14-16-22(17-15-21)24-12-8-9-13-25(24)37(34,35)31-28(33)29-23-10-6-5-7-11-23/h5-17,19-20H,4,18H2,1-3H3,(H2,29,31,33). The Morgan fingerprint density at radius 2 is 1.68 bits per heavy atom. The van der Waals surface area contributed by atoms with E-state index in [2.05, 4.69) is 34.7 Å². The quantitative estimate of drug-likeness (QED) is 0.244. The number of carbonyl (C=O) groups excluding carboxylic acids is 1. The molecule has 0 radical (unpaired) electrons. The van der Waals surface area contributed by atoms with Crippen molar-refractivity contribution >= 4 is 33.5 Å². The lowest BCUT2D eigenvalue weighted by molar-refractivity contribution is 0.256. The predicted molar refractivity (Wildman–Crippen MR) is 149 cm³/mol. The van der Waals surface area contributed by atoms with Crippen LogP contribution < -0.4 is 10.0 Å². The Kier molecular flexibility index (Phi) is 8.35. The number of sulfonamides is 1. The van der Waals surface area contributed by atoms with Crippen LogP contribution in [0, 0.1) is 0 Å². The molecule has 1 atom stereocenters. The van der Waals surface area contributed by atoms with E-state index in [1.54, 1.807) is 54.2 Å². The zero-order valence-electron chi connectivity index (χ0n) is 21.0. The molecule has 1 unspecified atom stereocenters. The number of para-hydroxylation sites is 1. The normalized spacial score (nSPS) is 12.2. The number of aromatic nitrogens is 2. The molecule has 0 saturated heterocycles. The van der Waals surface area contributed by atoms with Crippen LogP contribution in [-0.4, -0.2) is 30.3 Å². The molecule has 4 rings (SSSR count). The third-order valence-corrected chi connectivity index (χ3v) is 8.10. The predicted octanol–water partition coefficient (Wildman–Crippen LogP) is 6.34. The Morgan fingerprint density at radius 1 is 1.00 bits per heavy atom. The van der Waals surface area contributed by atoms with Gasteiger partial charge < -0.3 is 9.88 Å². The van der Waals surface area contributed by atoms with Crippen LogP contribution in [0.2, 0.25) is 0 Å². The first-order valence-electron chi connectivity index (χ1n) is 12.0. The van der Waals surface area contributed by atoms with Crippen LogP contribution >= 0.6 is 11.8 Å². The van der Waals surface area contributed by atoms with E-state index in [-0.39, 0.29) is 4.90 Å². The Balaban J connectivity index is 1.55. The minimum atomic E-state index is -4.11. The van der Waals surface area contributed by atoms with Crippen LogP contribution in [-0.2, 0) is 16.6 Å². The van der Waals surface area contributed by atoms with Crippen molar-refractivity contribution in [3.05, 3.63) is 96.4 Å². The number of anilines is 1. The number of hydrogen-bond donors (Lipinski definition) is 2. The second kappa shape index (κ2) is 11.7. The third-order valence-electron chi connectivity index (χ3n) is 6.10. The summed E-state index contributed by atoms with van der Waals surface area (Å²) in [4.78, 5) is 17.2. The number of nitrogens with one attached hydrogen (secondary N) is 2. The third kappa shape index (κ3) is 6.42. The van der Waals surface area contributed by atoms with Gasteiger partial charge in [-0.1, -0.05) is 74.5 Å². The van der Waals surface area contributed by atoms with Crippen LogP contribution in [0.4, 0.5) is 10.5 Å². The van der Waals surface area contributed by atoms with E-state index in [0.717, 1.165) is 28.4 Å². The molecule has 0 bridgehead atoms. The number of nitrogens with zero attached hydrogens (tertiary/aromatic N) is 2. The smallest absolute Gasteiger partial charge is 0.329 e. The van der Waals surface area contributed by atoms with Crippen LogP contribution in [0.3, 0.4) is 0 Å². The van der Waals surface area contributed by atoms with Gasteiger partial charge in [-0.05, 0) is 42.0 Å². The minimum absolute atomic E-state index is 0.0317. The van der Waals surface area contributed by atoms with E-state index in [1.165, 1.54) is 6.07 Å².